The molecule has 0 amide bonds. The Morgan fingerprint density at radius 2 is 1.05 bits per heavy atom. The van der Waals surface area contributed by atoms with Crippen LogP contribution in [-0.4, -0.2) is 36.2 Å². The molecule has 6 aromatic rings. The van der Waals surface area contributed by atoms with Crippen molar-refractivity contribution in [3.05, 3.63) is 109 Å². The smallest absolute Gasteiger partial charge is 0.744 e. The number of benzene rings is 6. The maximum atomic E-state index is 11.8. The Morgan fingerprint density at radius 1 is 0.534 bits per heavy atom. The number of rotatable bonds is 12. The minimum Gasteiger partial charge on any atom is -0.744 e. The van der Waals surface area contributed by atoms with E-state index in [9.17, 15) is 46.7 Å². The average Bonchev–Trinajstić information content (AvgIpc) is 3.15. The third-order valence-corrected chi connectivity index (χ3v) is 9.78. The molecule has 0 fully saturated rings. The molecule has 0 heterocycles. The maximum Gasteiger partial charge on any atom is 1.00 e. The fourth-order valence-electron chi connectivity index (χ4n) is 4.65. The number of nitrogens with zero attached hydrogens (tertiary/aromatic N) is 4. The summed E-state index contributed by atoms with van der Waals surface area (Å²) in [5.41, 5.74) is 0.787. The third-order valence-electron chi connectivity index (χ3n) is 6.95. The Bertz CT molecular complexity index is 2580. The second-order valence-electron chi connectivity index (χ2n) is 10.3. The van der Waals surface area contributed by atoms with Crippen LogP contribution >= 0.6 is 24.1 Å². The van der Waals surface area contributed by atoms with Gasteiger partial charge in [0.25, 0.3) is 0 Å². The maximum absolute atomic E-state index is 11.8. The number of fused-ring (bicyclic) bond motifs is 2. The number of phenolic OH excluding ortho intramolecular Hbond substituents is 2. The number of aromatic hydroxyl groups is 2. The number of hydrogen-bond acceptors (Lipinski definition) is 20. The van der Waals surface area contributed by atoms with Gasteiger partial charge in [0.05, 0.1) is 45.3 Å². The van der Waals surface area contributed by atoms with Gasteiger partial charge in [-0.25, -0.2) is 16.8 Å². The van der Waals surface area contributed by atoms with Crippen molar-refractivity contribution < 1.29 is 184 Å². The van der Waals surface area contributed by atoms with Gasteiger partial charge in [0.1, 0.15) is 43.1 Å². The molecule has 0 aliphatic carbocycles. The van der Waals surface area contributed by atoms with Crippen molar-refractivity contribution in [3.8, 4) is 11.5 Å². The first-order chi connectivity index (χ1) is 25.8. The van der Waals surface area contributed by atoms with Crippen LogP contribution in [0.3, 0.4) is 0 Å². The van der Waals surface area contributed by atoms with Crippen molar-refractivity contribution >= 4 is 88.6 Å². The van der Waals surface area contributed by atoms with E-state index in [4.69, 9.17) is 0 Å². The largest absolute Gasteiger partial charge is 1.00 e. The van der Waals surface area contributed by atoms with E-state index < -0.39 is 25.1 Å². The second kappa shape index (κ2) is 25.8. The van der Waals surface area contributed by atoms with Crippen LogP contribution in [0.15, 0.2) is 149 Å². The molecule has 0 unspecified atom stereocenters. The Kier molecular flexibility index (Phi) is 24.4. The molecule has 18 nitrogen and oxygen atoms in total. The predicted octanol–water partition coefficient (Wildman–Crippen LogP) is -5.79. The zero-order chi connectivity index (χ0) is 38.9. The Labute approximate surface area is 427 Å². The van der Waals surface area contributed by atoms with Gasteiger partial charge in [-0.15, -0.1) is 10.2 Å². The normalized spacial score (nSPS) is 11.2. The summed E-state index contributed by atoms with van der Waals surface area (Å²) in [5, 5.41) is 64.0. The van der Waals surface area contributed by atoms with Crippen LogP contribution in [0.5, 0.6) is 11.5 Å². The van der Waals surface area contributed by atoms with Gasteiger partial charge in [0, 0.05) is 20.6 Å². The zero-order valence-electron chi connectivity index (χ0n) is 30.6. The van der Waals surface area contributed by atoms with E-state index in [1.165, 1.54) is 36.4 Å². The van der Waals surface area contributed by atoms with E-state index in [1.54, 1.807) is 54.6 Å². The molecule has 0 atom stereocenters. The Hall–Kier alpha value is -1.08. The van der Waals surface area contributed by atoms with Crippen molar-refractivity contribution in [1.82, 2.24) is 0 Å². The van der Waals surface area contributed by atoms with Crippen LogP contribution in [0, 0.1) is 0 Å². The molecule has 6 rings (SSSR count). The Balaban J connectivity index is 0.000000543. The van der Waals surface area contributed by atoms with Crippen molar-refractivity contribution in [1.29, 1.82) is 0 Å². The third kappa shape index (κ3) is 15.4. The molecule has 0 saturated heterocycles. The molecule has 0 radical (unpaired) electrons. The van der Waals surface area contributed by atoms with E-state index in [-0.39, 0.29) is 162 Å². The number of azo groups is 2. The molecule has 0 bridgehead atoms. The molecule has 280 valence electrons. The van der Waals surface area contributed by atoms with Crippen LogP contribution in [-0.2, 0) is 39.0 Å². The quantitative estimate of drug-likeness (QED) is 0.0289. The van der Waals surface area contributed by atoms with Crippen LogP contribution < -0.4 is 129 Å². The summed E-state index contributed by atoms with van der Waals surface area (Å²) in [6.07, 6.45) is 0. The molecule has 2 N–H and O–H groups in total. The summed E-state index contributed by atoms with van der Waals surface area (Å²) in [4.78, 5) is -0.288. The SMILES string of the molecule is O=S(=O)([O-])c1cc(SOO[O-])cc2ccc(O)c(N=Nc3ccccc3)c12.O=S(=O)([O-])c1ccc(N=Nc2c(O)ccc3cc(SOO[O-])ccc23)cc1.[Na+].[Na+].[Na+].[Na+]. The predicted molar refractivity (Wildman–Crippen MR) is 184 cm³/mol. The number of phenols is 2. The van der Waals surface area contributed by atoms with Crippen LogP contribution in [0.4, 0.5) is 22.7 Å². The first-order valence-corrected chi connectivity index (χ1v) is 18.8. The minimum atomic E-state index is -4.95. The standard InChI is InChI=1S/2C16H12N2O7S2.4Na/c19-15-8-1-10-9-12(26-25-24-20)4-7-14(10)16(15)18-17-11-2-5-13(6-3-11)27(21,22)23;19-13-7-6-10-8-12(26-25-24-20)9-14(27(21,22)23)15(10)16(13)18-17-11-4-2-1-3-5-11;;;;/h2*1-9,19-20H,(H,21,22,23);;;;/q;;4*+1/p-4. The van der Waals surface area contributed by atoms with Crippen LogP contribution in [0.25, 0.3) is 21.5 Å². The van der Waals surface area contributed by atoms with Gasteiger partial charge in [-0.1, -0.05) is 36.4 Å². The van der Waals surface area contributed by atoms with Gasteiger partial charge < -0.3 is 29.8 Å². The second-order valence-corrected chi connectivity index (χ2v) is 14.6. The van der Waals surface area contributed by atoms with E-state index >= 15 is 0 Å². The van der Waals surface area contributed by atoms with E-state index in [0.717, 1.165) is 30.2 Å². The van der Waals surface area contributed by atoms with Gasteiger partial charge in [0.2, 0.25) is 0 Å². The van der Waals surface area contributed by atoms with Crippen molar-refractivity contribution in [2.45, 2.75) is 19.6 Å². The first kappa shape index (κ1) is 54.9. The minimum absolute atomic E-state index is 0. The van der Waals surface area contributed by atoms with Gasteiger partial charge in [-0.3, -0.25) is 10.1 Å². The summed E-state index contributed by atoms with van der Waals surface area (Å²) >= 11 is 1.16. The molecule has 0 spiro atoms. The molecule has 0 aliphatic heterocycles. The molecular formula is C32H20N4Na4O14S4. The average molecular weight is 905 g/mol. The molecule has 0 aromatic heterocycles. The van der Waals surface area contributed by atoms with Crippen LogP contribution in [0.2, 0.25) is 0 Å². The summed E-state index contributed by atoms with van der Waals surface area (Å²) in [6, 6.07) is 26.6. The molecule has 0 saturated carbocycles. The van der Waals surface area contributed by atoms with Crippen molar-refractivity contribution in [2.75, 3.05) is 0 Å². The summed E-state index contributed by atoms with van der Waals surface area (Å²) in [5.74, 6) is -0.462. The number of hydrogen-bond donors (Lipinski definition) is 2. The fraction of sp³-hybridized carbons (Fsp3) is 0. The zero-order valence-corrected chi connectivity index (χ0v) is 41.9. The fourth-order valence-corrected chi connectivity index (χ4v) is 6.78. The van der Waals surface area contributed by atoms with Gasteiger partial charge >= 0.3 is 118 Å². The first-order valence-electron chi connectivity index (χ1n) is 14.5. The van der Waals surface area contributed by atoms with Crippen LogP contribution in [0.1, 0.15) is 0 Å². The molecule has 58 heavy (non-hydrogen) atoms. The van der Waals surface area contributed by atoms with E-state index in [0.29, 0.717) is 39.1 Å². The van der Waals surface area contributed by atoms with E-state index in [2.05, 4.69) is 39.2 Å². The Morgan fingerprint density at radius 3 is 1.62 bits per heavy atom. The van der Waals surface area contributed by atoms with Gasteiger partial charge in [-0.05, 0) is 83.6 Å². The molecule has 6 aromatic carbocycles. The van der Waals surface area contributed by atoms with Crippen molar-refractivity contribution in [2.24, 2.45) is 20.5 Å². The molecular weight excluding hydrogens is 885 g/mol. The summed E-state index contributed by atoms with van der Waals surface area (Å²) < 4.78 is 76.5. The molecule has 26 heteroatoms. The van der Waals surface area contributed by atoms with Gasteiger partial charge in [0.15, 0.2) is 0 Å². The monoisotopic (exact) mass is 904 g/mol. The summed E-state index contributed by atoms with van der Waals surface area (Å²) in [7, 11) is -9.49. The van der Waals surface area contributed by atoms with E-state index in [1.807, 2.05) is 0 Å². The molecule has 0 aliphatic rings. The van der Waals surface area contributed by atoms with Gasteiger partial charge in [-0.2, -0.15) is 18.9 Å². The summed E-state index contributed by atoms with van der Waals surface area (Å²) in [6.45, 7) is 0. The topological polar surface area (TPSA) is 287 Å². The van der Waals surface area contributed by atoms with Crippen molar-refractivity contribution in [3.63, 3.8) is 0 Å².